The van der Waals surface area contributed by atoms with Crippen molar-refractivity contribution in [1.29, 1.82) is 5.26 Å². The van der Waals surface area contributed by atoms with Gasteiger partial charge in [0.05, 0.1) is 11.3 Å². The number of carbonyl (C=O) groups is 1. The smallest absolute Gasteiger partial charge is 0.257 e. The first-order valence-corrected chi connectivity index (χ1v) is 5.58. The second-order valence-corrected chi connectivity index (χ2v) is 3.96. The van der Waals surface area contributed by atoms with E-state index in [-0.39, 0.29) is 22.5 Å². The molecule has 0 saturated carbocycles. The van der Waals surface area contributed by atoms with Crippen LogP contribution in [0.25, 0.3) is 0 Å². The molecule has 0 heterocycles. The van der Waals surface area contributed by atoms with Gasteiger partial charge in [0.25, 0.3) is 5.91 Å². The van der Waals surface area contributed by atoms with E-state index in [1.54, 1.807) is 6.07 Å². The molecule has 0 aliphatic heterocycles. The zero-order valence-corrected chi connectivity index (χ0v) is 10.2. The first-order valence-electron chi connectivity index (χ1n) is 5.58. The van der Waals surface area contributed by atoms with E-state index in [0.717, 1.165) is 18.2 Å². The van der Waals surface area contributed by atoms with E-state index in [9.17, 15) is 13.6 Å². The van der Waals surface area contributed by atoms with E-state index < -0.39 is 17.5 Å². The molecule has 0 aliphatic rings. The van der Waals surface area contributed by atoms with E-state index in [0.29, 0.717) is 0 Å². The molecule has 0 atom stereocenters. The van der Waals surface area contributed by atoms with Gasteiger partial charge in [-0.05, 0) is 30.3 Å². The van der Waals surface area contributed by atoms with Crippen LogP contribution in [0.1, 0.15) is 15.9 Å². The van der Waals surface area contributed by atoms with Gasteiger partial charge in [-0.3, -0.25) is 4.79 Å². The normalized spacial score (nSPS) is 9.85. The maximum atomic E-state index is 13.4. The first-order chi connectivity index (χ1) is 9.52. The highest BCUT2D eigenvalue weighted by Crippen LogP contribution is 2.20. The molecular formula is C14H9F2N3O. The van der Waals surface area contributed by atoms with Crippen molar-refractivity contribution < 1.29 is 13.6 Å². The summed E-state index contributed by atoms with van der Waals surface area (Å²) in [5.41, 5.74) is 5.29. The quantitative estimate of drug-likeness (QED) is 0.825. The Hall–Kier alpha value is -2.94. The summed E-state index contributed by atoms with van der Waals surface area (Å²) in [5.74, 6) is -1.95. The molecule has 100 valence electrons. The summed E-state index contributed by atoms with van der Waals surface area (Å²) in [6, 6.07) is 8.83. The van der Waals surface area contributed by atoms with Gasteiger partial charge in [-0.1, -0.05) is 6.07 Å². The van der Waals surface area contributed by atoms with Crippen molar-refractivity contribution in [2.24, 2.45) is 0 Å². The summed E-state index contributed by atoms with van der Waals surface area (Å²) in [6.45, 7) is 0. The number of anilines is 2. The second-order valence-electron chi connectivity index (χ2n) is 3.96. The summed E-state index contributed by atoms with van der Waals surface area (Å²) < 4.78 is 26.3. The van der Waals surface area contributed by atoms with Crippen LogP contribution in [0.15, 0.2) is 36.4 Å². The molecule has 20 heavy (non-hydrogen) atoms. The Bertz CT molecular complexity index is 723. The van der Waals surface area contributed by atoms with Crippen LogP contribution in [0.5, 0.6) is 0 Å². The predicted molar refractivity (Wildman–Crippen MR) is 69.9 cm³/mol. The number of nitrogens with one attached hydrogen (secondary N) is 1. The molecule has 4 nitrogen and oxygen atoms in total. The van der Waals surface area contributed by atoms with Gasteiger partial charge in [0, 0.05) is 5.69 Å². The van der Waals surface area contributed by atoms with E-state index in [1.807, 2.05) is 0 Å². The van der Waals surface area contributed by atoms with Crippen LogP contribution in [-0.2, 0) is 0 Å². The third-order valence-electron chi connectivity index (χ3n) is 2.63. The average Bonchev–Trinajstić information content (AvgIpc) is 2.38. The van der Waals surface area contributed by atoms with Crippen LogP contribution in [0.3, 0.4) is 0 Å². The number of rotatable bonds is 2. The number of amides is 1. The largest absolute Gasteiger partial charge is 0.398 e. The third kappa shape index (κ3) is 2.57. The van der Waals surface area contributed by atoms with Crippen molar-refractivity contribution in [3.63, 3.8) is 0 Å². The highest BCUT2D eigenvalue weighted by atomic mass is 19.1. The van der Waals surface area contributed by atoms with E-state index in [4.69, 9.17) is 11.0 Å². The molecule has 6 heteroatoms. The highest BCUT2D eigenvalue weighted by Gasteiger charge is 2.14. The molecular weight excluding hydrogens is 264 g/mol. The van der Waals surface area contributed by atoms with Crippen molar-refractivity contribution in [2.45, 2.75) is 0 Å². The zero-order valence-electron chi connectivity index (χ0n) is 10.2. The maximum Gasteiger partial charge on any atom is 0.257 e. The lowest BCUT2D eigenvalue weighted by Crippen LogP contribution is -2.15. The van der Waals surface area contributed by atoms with Crippen LogP contribution in [0.4, 0.5) is 20.2 Å². The Kier molecular flexibility index (Phi) is 3.62. The van der Waals surface area contributed by atoms with Gasteiger partial charge in [0.1, 0.15) is 23.3 Å². The van der Waals surface area contributed by atoms with Gasteiger partial charge in [0.15, 0.2) is 0 Å². The van der Waals surface area contributed by atoms with Crippen molar-refractivity contribution in [3.8, 4) is 6.07 Å². The summed E-state index contributed by atoms with van der Waals surface area (Å²) in [4.78, 5) is 12.0. The van der Waals surface area contributed by atoms with Crippen molar-refractivity contribution in [3.05, 3.63) is 59.2 Å². The molecule has 0 radical (unpaired) electrons. The minimum atomic E-state index is -0.739. The lowest BCUT2D eigenvalue weighted by Gasteiger charge is -2.09. The van der Waals surface area contributed by atoms with Crippen molar-refractivity contribution >= 4 is 17.3 Å². The third-order valence-corrected chi connectivity index (χ3v) is 2.63. The number of nitrogens with two attached hydrogens (primary N) is 1. The predicted octanol–water partition coefficient (Wildman–Crippen LogP) is 2.67. The molecule has 2 aromatic rings. The van der Waals surface area contributed by atoms with Gasteiger partial charge >= 0.3 is 0 Å². The lowest BCUT2D eigenvalue weighted by molar-refractivity contribution is 0.102. The fourth-order valence-corrected chi connectivity index (χ4v) is 1.67. The molecule has 0 aromatic heterocycles. The Balaban J connectivity index is 2.33. The summed E-state index contributed by atoms with van der Waals surface area (Å²) in [6.07, 6.45) is 0. The standard InChI is InChI=1S/C14H9F2N3O/c15-8-4-5-9(12(18)6-8)14(20)19-13-3-1-2-11(16)10(13)7-17/h1-6H,18H2,(H,19,20). The number of nitrogen functional groups attached to an aromatic ring is 1. The van der Waals surface area contributed by atoms with Crippen LogP contribution >= 0.6 is 0 Å². The molecule has 0 saturated heterocycles. The summed E-state index contributed by atoms with van der Waals surface area (Å²) >= 11 is 0. The lowest BCUT2D eigenvalue weighted by atomic mass is 10.1. The number of hydrogen-bond acceptors (Lipinski definition) is 3. The SMILES string of the molecule is N#Cc1c(F)cccc1NC(=O)c1ccc(F)cc1N. The molecule has 1 amide bonds. The monoisotopic (exact) mass is 273 g/mol. The van der Waals surface area contributed by atoms with E-state index in [1.165, 1.54) is 18.2 Å². The highest BCUT2D eigenvalue weighted by molar-refractivity contribution is 6.08. The Morgan fingerprint density at radius 1 is 1.25 bits per heavy atom. The van der Waals surface area contributed by atoms with Gasteiger partial charge in [-0.25, -0.2) is 8.78 Å². The fraction of sp³-hybridized carbons (Fsp3) is 0. The maximum absolute atomic E-state index is 13.4. The number of hydrogen-bond donors (Lipinski definition) is 2. The number of nitriles is 1. The second kappa shape index (κ2) is 5.36. The van der Waals surface area contributed by atoms with Crippen LogP contribution in [0, 0.1) is 23.0 Å². The van der Waals surface area contributed by atoms with Gasteiger partial charge in [-0.2, -0.15) is 5.26 Å². The van der Waals surface area contributed by atoms with Crippen molar-refractivity contribution in [2.75, 3.05) is 11.1 Å². The molecule has 0 fully saturated rings. The molecule has 2 aromatic carbocycles. The van der Waals surface area contributed by atoms with Crippen LogP contribution < -0.4 is 11.1 Å². The fourth-order valence-electron chi connectivity index (χ4n) is 1.67. The number of benzene rings is 2. The molecule has 3 N–H and O–H groups in total. The first kappa shape index (κ1) is 13.5. The zero-order chi connectivity index (χ0) is 14.7. The molecule has 0 unspecified atom stereocenters. The topological polar surface area (TPSA) is 78.9 Å². The van der Waals surface area contributed by atoms with Gasteiger partial charge in [-0.15, -0.1) is 0 Å². The minimum Gasteiger partial charge on any atom is -0.398 e. The summed E-state index contributed by atoms with van der Waals surface area (Å²) in [5, 5.41) is 11.2. The minimum absolute atomic E-state index is 0.0289. The Morgan fingerprint density at radius 3 is 2.65 bits per heavy atom. The van der Waals surface area contributed by atoms with Crippen molar-refractivity contribution in [1.82, 2.24) is 0 Å². The van der Waals surface area contributed by atoms with Gasteiger partial charge in [0.2, 0.25) is 0 Å². The van der Waals surface area contributed by atoms with Crippen LogP contribution in [0.2, 0.25) is 0 Å². The Labute approximate surface area is 113 Å². The molecule has 0 aliphatic carbocycles. The number of halogens is 2. The van der Waals surface area contributed by atoms with Crippen LogP contribution in [-0.4, -0.2) is 5.91 Å². The number of nitrogens with zero attached hydrogens (tertiary/aromatic N) is 1. The molecule has 0 bridgehead atoms. The molecule has 0 spiro atoms. The number of carbonyl (C=O) groups excluding carboxylic acids is 1. The molecule has 2 rings (SSSR count). The van der Waals surface area contributed by atoms with E-state index in [2.05, 4.69) is 5.32 Å². The Morgan fingerprint density at radius 2 is 2.00 bits per heavy atom. The average molecular weight is 273 g/mol. The summed E-state index contributed by atoms with van der Waals surface area (Å²) in [7, 11) is 0. The van der Waals surface area contributed by atoms with Gasteiger partial charge < -0.3 is 11.1 Å². The van der Waals surface area contributed by atoms with E-state index >= 15 is 0 Å².